The summed E-state index contributed by atoms with van der Waals surface area (Å²) in [4.78, 5) is 10.3. The Labute approximate surface area is 200 Å². The lowest BCUT2D eigenvalue weighted by molar-refractivity contribution is -0.384. The predicted molar refractivity (Wildman–Crippen MR) is 130 cm³/mol. The van der Waals surface area contributed by atoms with Crippen molar-refractivity contribution < 1.29 is 14.4 Å². The van der Waals surface area contributed by atoms with Gasteiger partial charge in [-0.25, -0.2) is 0 Å². The third-order valence-electron chi connectivity index (χ3n) is 4.63. The molecule has 0 aliphatic heterocycles. The molecule has 0 amide bonds. The van der Waals surface area contributed by atoms with Crippen molar-refractivity contribution in [1.29, 1.82) is 0 Å². The summed E-state index contributed by atoms with van der Waals surface area (Å²) in [7, 11) is 1.62. The van der Waals surface area contributed by atoms with Gasteiger partial charge in [0.15, 0.2) is 11.5 Å². The zero-order valence-corrected chi connectivity index (χ0v) is 19.8. The zero-order valence-electron chi connectivity index (χ0n) is 17.4. The molecule has 3 rings (SSSR count). The van der Waals surface area contributed by atoms with E-state index in [0.29, 0.717) is 48.5 Å². The third kappa shape index (κ3) is 6.59. The molecule has 0 spiro atoms. The number of non-ortho nitro benzene ring substituents is 1. The average Bonchev–Trinajstić information content (AvgIpc) is 2.79. The molecular weight excluding hydrogens is 498 g/mol. The number of nitro benzene ring substituents is 1. The van der Waals surface area contributed by atoms with Gasteiger partial charge in [-0.15, -0.1) is 0 Å². The lowest BCUT2D eigenvalue weighted by Crippen LogP contribution is -2.22. The number of methoxy groups -OCH3 is 1. The second-order valence-electron chi connectivity index (χ2n) is 6.91. The maximum atomic E-state index is 10.8. The molecule has 2 N–H and O–H groups in total. The third-order valence-corrected chi connectivity index (χ3v) is 5.53. The number of nitro groups is 1. The van der Waals surface area contributed by atoms with Crippen molar-refractivity contribution in [1.82, 2.24) is 5.32 Å². The van der Waals surface area contributed by atoms with Crippen molar-refractivity contribution >= 4 is 38.9 Å². The lowest BCUT2D eigenvalue weighted by Gasteiger charge is -2.15. The van der Waals surface area contributed by atoms with E-state index in [9.17, 15) is 10.1 Å². The molecule has 0 saturated carbocycles. The molecule has 0 aliphatic rings. The Hall–Kier alpha value is -2.81. The molecule has 0 aliphatic carbocycles. The van der Waals surface area contributed by atoms with Gasteiger partial charge >= 0.3 is 0 Å². The van der Waals surface area contributed by atoms with E-state index >= 15 is 0 Å². The SMILES string of the molecule is COc1cc(CNCCNc2ccc([N+](=O)[O-])cc2Cl)cc(Br)c1OCc1ccccc1. The van der Waals surface area contributed by atoms with Crippen molar-refractivity contribution in [2.24, 2.45) is 0 Å². The molecule has 0 saturated heterocycles. The van der Waals surface area contributed by atoms with Crippen molar-refractivity contribution in [3.05, 3.63) is 91.4 Å². The van der Waals surface area contributed by atoms with Gasteiger partial charge in [-0.3, -0.25) is 10.1 Å². The van der Waals surface area contributed by atoms with Gasteiger partial charge in [-0.2, -0.15) is 0 Å². The Kier molecular flexibility index (Phi) is 8.72. The molecule has 0 heterocycles. The second kappa shape index (κ2) is 11.7. The molecule has 32 heavy (non-hydrogen) atoms. The smallest absolute Gasteiger partial charge is 0.271 e. The Morgan fingerprint density at radius 3 is 2.53 bits per heavy atom. The molecule has 7 nitrogen and oxygen atoms in total. The molecule has 0 fully saturated rings. The summed E-state index contributed by atoms with van der Waals surface area (Å²) < 4.78 is 12.3. The second-order valence-corrected chi connectivity index (χ2v) is 8.17. The monoisotopic (exact) mass is 519 g/mol. The number of hydrogen-bond donors (Lipinski definition) is 2. The number of hydrogen-bond acceptors (Lipinski definition) is 6. The quantitative estimate of drug-likeness (QED) is 0.189. The van der Waals surface area contributed by atoms with Crippen LogP contribution in [0.4, 0.5) is 11.4 Å². The molecule has 0 atom stereocenters. The normalized spacial score (nSPS) is 10.6. The van der Waals surface area contributed by atoms with E-state index in [1.165, 1.54) is 12.1 Å². The summed E-state index contributed by atoms with van der Waals surface area (Å²) in [5.41, 5.74) is 2.74. The summed E-state index contributed by atoms with van der Waals surface area (Å²) in [6.45, 7) is 2.35. The van der Waals surface area contributed by atoms with Gasteiger partial charge in [0.25, 0.3) is 5.69 Å². The van der Waals surface area contributed by atoms with Gasteiger partial charge < -0.3 is 20.1 Å². The van der Waals surface area contributed by atoms with Crippen LogP contribution in [0.2, 0.25) is 5.02 Å². The van der Waals surface area contributed by atoms with Crippen LogP contribution in [0.1, 0.15) is 11.1 Å². The molecule has 3 aromatic carbocycles. The van der Waals surface area contributed by atoms with Gasteiger partial charge in [0.05, 0.1) is 27.2 Å². The van der Waals surface area contributed by atoms with E-state index in [4.69, 9.17) is 21.1 Å². The first kappa shape index (κ1) is 23.8. The number of rotatable bonds is 11. The van der Waals surface area contributed by atoms with E-state index in [2.05, 4.69) is 26.6 Å². The fourth-order valence-corrected chi connectivity index (χ4v) is 3.87. The van der Waals surface area contributed by atoms with Crippen molar-refractivity contribution in [2.45, 2.75) is 13.2 Å². The summed E-state index contributed by atoms with van der Waals surface area (Å²) in [6.07, 6.45) is 0. The van der Waals surface area contributed by atoms with Gasteiger partial charge in [0, 0.05) is 31.8 Å². The van der Waals surface area contributed by atoms with Crippen LogP contribution in [0.3, 0.4) is 0 Å². The molecule has 9 heteroatoms. The van der Waals surface area contributed by atoms with Gasteiger partial charge in [0.1, 0.15) is 6.61 Å². The minimum Gasteiger partial charge on any atom is -0.493 e. The minimum atomic E-state index is -0.471. The molecule has 0 unspecified atom stereocenters. The topological polar surface area (TPSA) is 85.7 Å². The molecule has 0 bridgehead atoms. The van der Waals surface area contributed by atoms with Crippen LogP contribution in [0.5, 0.6) is 11.5 Å². The molecule has 0 radical (unpaired) electrons. The fourth-order valence-electron chi connectivity index (χ4n) is 3.02. The number of anilines is 1. The van der Waals surface area contributed by atoms with Gasteiger partial charge in [-0.05, 0) is 45.3 Å². The Balaban J connectivity index is 1.51. The summed E-state index contributed by atoms with van der Waals surface area (Å²) in [5.74, 6) is 1.32. The standard InChI is InChI=1S/C23H23BrClN3O4/c1-31-22-12-17(11-19(24)23(22)32-15-16-5-3-2-4-6-16)14-26-9-10-27-21-8-7-18(28(29)30)13-20(21)25/h2-8,11-13,26-27H,9-10,14-15H2,1H3. The highest BCUT2D eigenvalue weighted by molar-refractivity contribution is 9.10. The molecule has 3 aromatic rings. The summed E-state index contributed by atoms with van der Waals surface area (Å²) in [6, 6.07) is 18.3. The number of nitrogens with zero attached hydrogens (tertiary/aromatic N) is 1. The highest BCUT2D eigenvalue weighted by atomic mass is 79.9. The molecule has 168 valence electrons. The van der Waals surface area contributed by atoms with Crippen LogP contribution in [-0.4, -0.2) is 25.1 Å². The predicted octanol–water partition coefficient (Wildman–Crippen LogP) is 5.80. The van der Waals surface area contributed by atoms with Crippen LogP contribution in [0, 0.1) is 10.1 Å². The van der Waals surface area contributed by atoms with Crippen molar-refractivity contribution in [2.75, 3.05) is 25.5 Å². The van der Waals surface area contributed by atoms with Crippen LogP contribution < -0.4 is 20.1 Å². The van der Waals surface area contributed by atoms with Crippen molar-refractivity contribution in [3.63, 3.8) is 0 Å². The summed E-state index contributed by atoms with van der Waals surface area (Å²) >= 11 is 9.68. The number of benzene rings is 3. The van der Waals surface area contributed by atoms with Crippen LogP contribution in [-0.2, 0) is 13.2 Å². The number of halogens is 2. The first-order valence-electron chi connectivity index (χ1n) is 9.89. The average molecular weight is 521 g/mol. The number of nitrogens with one attached hydrogen (secondary N) is 2. The Morgan fingerprint density at radius 1 is 1.06 bits per heavy atom. The first-order chi connectivity index (χ1) is 15.5. The van der Waals surface area contributed by atoms with Crippen molar-refractivity contribution in [3.8, 4) is 11.5 Å². The van der Waals surface area contributed by atoms with E-state index in [1.807, 2.05) is 42.5 Å². The fraction of sp³-hybridized carbons (Fsp3) is 0.217. The van der Waals surface area contributed by atoms with E-state index in [1.54, 1.807) is 13.2 Å². The molecular formula is C23H23BrClN3O4. The molecule has 0 aromatic heterocycles. The Morgan fingerprint density at radius 2 is 1.84 bits per heavy atom. The van der Waals surface area contributed by atoms with Crippen LogP contribution in [0.25, 0.3) is 0 Å². The van der Waals surface area contributed by atoms with E-state index in [0.717, 1.165) is 15.6 Å². The van der Waals surface area contributed by atoms with Crippen LogP contribution in [0.15, 0.2) is 65.1 Å². The minimum absolute atomic E-state index is 0.0330. The zero-order chi connectivity index (χ0) is 22.9. The highest BCUT2D eigenvalue weighted by Crippen LogP contribution is 2.37. The first-order valence-corrected chi connectivity index (χ1v) is 11.1. The van der Waals surface area contributed by atoms with E-state index < -0.39 is 4.92 Å². The number of ether oxygens (including phenoxy) is 2. The van der Waals surface area contributed by atoms with Crippen LogP contribution >= 0.6 is 27.5 Å². The lowest BCUT2D eigenvalue weighted by atomic mass is 10.2. The Bertz CT molecular complexity index is 1070. The summed E-state index contributed by atoms with van der Waals surface area (Å²) in [5, 5.41) is 17.6. The van der Waals surface area contributed by atoms with Gasteiger partial charge in [-0.1, -0.05) is 41.9 Å². The maximum absolute atomic E-state index is 10.8. The van der Waals surface area contributed by atoms with Gasteiger partial charge in [0.2, 0.25) is 0 Å². The largest absolute Gasteiger partial charge is 0.493 e. The van der Waals surface area contributed by atoms with E-state index in [-0.39, 0.29) is 5.69 Å². The highest BCUT2D eigenvalue weighted by Gasteiger charge is 2.12. The maximum Gasteiger partial charge on any atom is 0.271 e.